The molecule has 5 heteroatoms. The van der Waals surface area contributed by atoms with E-state index in [9.17, 15) is 0 Å². The predicted molar refractivity (Wildman–Crippen MR) is 111 cm³/mol. The van der Waals surface area contributed by atoms with Gasteiger partial charge in [-0.15, -0.1) is 11.8 Å². The third kappa shape index (κ3) is 3.75. The van der Waals surface area contributed by atoms with Crippen LogP contribution in [0.5, 0.6) is 0 Å². The third-order valence-corrected chi connectivity index (χ3v) is 6.50. The van der Waals surface area contributed by atoms with Crippen molar-refractivity contribution in [3.63, 3.8) is 0 Å². The van der Waals surface area contributed by atoms with Gasteiger partial charge in [-0.2, -0.15) is 0 Å². The van der Waals surface area contributed by atoms with Gasteiger partial charge in [0.05, 0.1) is 21.6 Å². The van der Waals surface area contributed by atoms with Crippen molar-refractivity contribution in [2.45, 2.75) is 16.7 Å². The lowest BCUT2D eigenvalue weighted by atomic mass is 10.0. The summed E-state index contributed by atoms with van der Waals surface area (Å²) >= 11 is 14.5. The van der Waals surface area contributed by atoms with E-state index in [0.717, 1.165) is 11.4 Å². The number of hydrogen-bond donors (Lipinski definition) is 0. The smallest absolute Gasteiger partial charge is 0.0946 e. The minimum absolute atomic E-state index is 0.159. The molecular formula is C21H16Cl2N2S. The minimum Gasteiger partial charge on any atom is -0.336 e. The Bertz CT molecular complexity index is 1010. The summed E-state index contributed by atoms with van der Waals surface area (Å²) in [6.07, 6.45) is 5.61. The Kier molecular flexibility index (Phi) is 5.21. The zero-order valence-corrected chi connectivity index (χ0v) is 16.2. The number of fused-ring (bicyclic) bond motifs is 1. The second-order valence-electron chi connectivity index (χ2n) is 6.02. The maximum atomic E-state index is 6.41. The molecule has 1 heterocycles. The number of imidazole rings is 1. The van der Waals surface area contributed by atoms with Crippen LogP contribution in [0.3, 0.4) is 0 Å². The Hall–Kier alpha value is -1.94. The number of halogens is 2. The van der Waals surface area contributed by atoms with Crippen molar-refractivity contribution in [1.29, 1.82) is 0 Å². The molecule has 130 valence electrons. The van der Waals surface area contributed by atoms with E-state index in [-0.39, 0.29) is 5.25 Å². The van der Waals surface area contributed by atoms with Crippen molar-refractivity contribution in [2.75, 3.05) is 0 Å². The molecule has 0 aliphatic carbocycles. The summed E-state index contributed by atoms with van der Waals surface area (Å²) < 4.78 is 2.08. The number of thioether (sulfide) groups is 1. The average Bonchev–Trinajstić information content (AvgIpc) is 3.16. The fourth-order valence-corrected chi connectivity index (χ4v) is 4.78. The first-order valence-corrected chi connectivity index (χ1v) is 9.89. The summed E-state index contributed by atoms with van der Waals surface area (Å²) in [5.74, 6) is 0. The van der Waals surface area contributed by atoms with Crippen LogP contribution in [-0.2, 0) is 6.54 Å². The van der Waals surface area contributed by atoms with Crippen LogP contribution in [0, 0.1) is 0 Å². The van der Waals surface area contributed by atoms with Gasteiger partial charge in [0.15, 0.2) is 0 Å². The number of nitrogens with zero attached hydrogens (tertiary/aromatic N) is 2. The molecule has 4 aromatic rings. The zero-order valence-electron chi connectivity index (χ0n) is 13.8. The van der Waals surface area contributed by atoms with E-state index in [1.807, 2.05) is 30.7 Å². The van der Waals surface area contributed by atoms with Crippen molar-refractivity contribution >= 4 is 45.7 Å². The van der Waals surface area contributed by atoms with Gasteiger partial charge in [0.2, 0.25) is 0 Å². The fraction of sp³-hybridized carbons (Fsp3) is 0.0952. The Balaban J connectivity index is 1.74. The highest BCUT2D eigenvalue weighted by atomic mass is 35.5. The first-order chi connectivity index (χ1) is 12.7. The van der Waals surface area contributed by atoms with E-state index in [1.54, 1.807) is 18.0 Å². The lowest BCUT2D eigenvalue weighted by Gasteiger charge is -2.20. The van der Waals surface area contributed by atoms with Crippen LogP contribution < -0.4 is 0 Å². The van der Waals surface area contributed by atoms with E-state index < -0.39 is 0 Å². The van der Waals surface area contributed by atoms with Crippen LogP contribution in [0.25, 0.3) is 10.8 Å². The molecule has 0 radical (unpaired) electrons. The molecule has 0 N–H and O–H groups in total. The SMILES string of the molecule is Clc1cccc(Cl)c1SC(Cn1ccnc1)c1ccc2ccccc2c1. The van der Waals surface area contributed by atoms with Gasteiger partial charge in [0.25, 0.3) is 0 Å². The molecule has 0 aliphatic rings. The summed E-state index contributed by atoms with van der Waals surface area (Å²) in [7, 11) is 0. The largest absolute Gasteiger partial charge is 0.336 e. The molecule has 3 aromatic carbocycles. The molecule has 0 saturated heterocycles. The molecule has 0 aliphatic heterocycles. The van der Waals surface area contributed by atoms with Gasteiger partial charge in [0, 0.05) is 23.8 Å². The normalized spacial score (nSPS) is 12.4. The molecule has 0 bridgehead atoms. The average molecular weight is 399 g/mol. The fourth-order valence-electron chi connectivity index (χ4n) is 2.94. The molecule has 4 rings (SSSR count). The molecule has 0 saturated carbocycles. The maximum Gasteiger partial charge on any atom is 0.0946 e. The third-order valence-electron chi connectivity index (χ3n) is 4.26. The topological polar surface area (TPSA) is 17.8 Å². The van der Waals surface area contributed by atoms with E-state index in [4.69, 9.17) is 23.2 Å². The molecule has 2 nitrogen and oxygen atoms in total. The van der Waals surface area contributed by atoms with Gasteiger partial charge in [-0.05, 0) is 34.5 Å². The predicted octanol–water partition coefficient (Wildman–Crippen LogP) is 6.88. The van der Waals surface area contributed by atoms with Crippen LogP contribution in [0.4, 0.5) is 0 Å². The van der Waals surface area contributed by atoms with Gasteiger partial charge in [-0.3, -0.25) is 0 Å². The number of rotatable bonds is 5. The number of benzene rings is 3. The van der Waals surface area contributed by atoms with Crippen LogP contribution in [0.2, 0.25) is 10.0 Å². The molecule has 0 fully saturated rings. The van der Waals surface area contributed by atoms with Crippen LogP contribution in [-0.4, -0.2) is 9.55 Å². The van der Waals surface area contributed by atoms with E-state index >= 15 is 0 Å². The summed E-state index contributed by atoms with van der Waals surface area (Å²) in [5, 5.41) is 3.98. The summed E-state index contributed by atoms with van der Waals surface area (Å²) in [6, 6.07) is 20.6. The van der Waals surface area contributed by atoms with Gasteiger partial charge in [-0.25, -0.2) is 4.98 Å². The van der Waals surface area contributed by atoms with Crippen molar-refractivity contribution in [3.8, 4) is 0 Å². The van der Waals surface area contributed by atoms with E-state index in [2.05, 4.69) is 52.0 Å². The highest BCUT2D eigenvalue weighted by Gasteiger charge is 2.18. The lowest BCUT2D eigenvalue weighted by molar-refractivity contribution is 0.684. The highest BCUT2D eigenvalue weighted by Crippen LogP contribution is 2.43. The minimum atomic E-state index is 0.159. The Morgan fingerprint density at radius 2 is 1.69 bits per heavy atom. The second kappa shape index (κ2) is 7.75. The van der Waals surface area contributed by atoms with Crippen molar-refractivity contribution in [3.05, 3.63) is 95.0 Å². The second-order valence-corrected chi connectivity index (χ2v) is 8.05. The van der Waals surface area contributed by atoms with E-state index in [0.29, 0.717) is 10.0 Å². The first kappa shape index (κ1) is 17.5. The monoisotopic (exact) mass is 398 g/mol. The van der Waals surface area contributed by atoms with Gasteiger partial charge in [-0.1, -0.05) is 65.7 Å². The van der Waals surface area contributed by atoms with E-state index in [1.165, 1.54) is 16.3 Å². The standard InChI is InChI=1S/C21H16Cl2N2S/c22-18-6-3-7-19(23)21(18)26-20(13-25-11-10-24-14-25)17-9-8-15-4-1-2-5-16(15)12-17/h1-12,14,20H,13H2. The van der Waals surface area contributed by atoms with Gasteiger partial charge in [0.1, 0.15) is 0 Å². The number of aromatic nitrogens is 2. The molecule has 1 unspecified atom stereocenters. The Morgan fingerprint density at radius 1 is 0.923 bits per heavy atom. The molecular weight excluding hydrogens is 383 g/mol. The Morgan fingerprint density at radius 3 is 2.42 bits per heavy atom. The number of hydrogen-bond acceptors (Lipinski definition) is 2. The summed E-state index contributed by atoms with van der Waals surface area (Å²) in [6.45, 7) is 0.782. The van der Waals surface area contributed by atoms with Crippen molar-refractivity contribution in [1.82, 2.24) is 9.55 Å². The summed E-state index contributed by atoms with van der Waals surface area (Å²) in [4.78, 5) is 5.07. The van der Waals surface area contributed by atoms with Crippen LogP contribution in [0.15, 0.2) is 84.3 Å². The van der Waals surface area contributed by atoms with Crippen LogP contribution >= 0.6 is 35.0 Å². The molecule has 0 amide bonds. The molecule has 0 spiro atoms. The quantitative estimate of drug-likeness (QED) is 0.341. The van der Waals surface area contributed by atoms with Crippen molar-refractivity contribution < 1.29 is 0 Å². The Labute approximate surface area is 166 Å². The maximum absolute atomic E-state index is 6.41. The van der Waals surface area contributed by atoms with Crippen molar-refractivity contribution in [2.24, 2.45) is 0 Å². The first-order valence-electron chi connectivity index (χ1n) is 8.26. The molecule has 26 heavy (non-hydrogen) atoms. The summed E-state index contributed by atoms with van der Waals surface area (Å²) in [5.41, 5.74) is 1.23. The van der Waals surface area contributed by atoms with Gasteiger partial charge < -0.3 is 4.57 Å². The van der Waals surface area contributed by atoms with Gasteiger partial charge >= 0.3 is 0 Å². The lowest BCUT2D eigenvalue weighted by Crippen LogP contribution is -2.05. The molecule has 1 aromatic heterocycles. The molecule has 1 atom stereocenters. The van der Waals surface area contributed by atoms with Crippen LogP contribution in [0.1, 0.15) is 10.8 Å². The zero-order chi connectivity index (χ0) is 17.9. The highest BCUT2D eigenvalue weighted by molar-refractivity contribution is 7.99.